The van der Waals surface area contributed by atoms with Crippen LogP contribution in [0.5, 0.6) is 0 Å². The van der Waals surface area contributed by atoms with Gasteiger partial charge in [-0.15, -0.1) is 0 Å². The molecule has 0 radical (unpaired) electrons. The van der Waals surface area contributed by atoms with Crippen molar-refractivity contribution in [2.24, 2.45) is 0 Å². The second-order valence-corrected chi connectivity index (χ2v) is 7.48. The van der Waals surface area contributed by atoms with Crippen molar-refractivity contribution in [3.63, 3.8) is 0 Å². The van der Waals surface area contributed by atoms with E-state index < -0.39 is 0 Å². The second kappa shape index (κ2) is 8.19. The van der Waals surface area contributed by atoms with Gasteiger partial charge in [0.15, 0.2) is 0 Å². The minimum absolute atomic E-state index is 0.183. The van der Waals surface area contributed by atoms with Crippen LogP contribution in [0.3, 0.4) is 0 Å². The van der Waals surface area contributed by atoms with Gasteiger partial charge in [-0.1, -0.05) is 0 Å². The molecule has 1 heteroatoms. The topological polar surface area (TPSA) is 0 Å². The Morgan fingerprint density at radius 3 is 2.53 bits per heavy atom. The van der Waals surface area contributed by atoms with Gasteiger partial charge in [-0.25, -0.2) is 0 Å². The Bertz CT molecular complexity index is 215. The van der Waals surface area contributed by atoms with Gasteiger partial charge in [0, 0.05) is 0 Å². The fourth-order valence-corrected chi connectivity index (χ4v) is 4.16. The van der Waals surface area contributed by atoms with Crippen LogP contribution in [0, 0.1) is 0 Å². The number of allylic oxidation sites excluding steroid dienone is 4. The molecule has 0 aromatic rings. The second-order valence-electron chi connectivity index (χ2n) is 4.29. The van der Waals surface area contributed by atoms with E-state index in [1.54, 1.807) is 4.47 Å². The summed E-state index contributed by atoms with van der Waals surface area (Å²) in [6.07, 6.45) is 16.8. The van der Waals surface area contributed by atoms with Gasteiger partial charge < -0.3 is 0 Å². The number of unbranched alkanes of at least 4 members (excludes halogenated alkanes) is 5. The van der Waals surface area contributed by atoms with E-state index in [0.717, 1.165) is 0 Å². The molecule has 0 atom stereocenters. The van der Waals surface area contributed by atoms with Crippen molar-refractivity contribution in [1.82, 2.24) is 0 Å². The minimum atomic E-state index is -0.183. The van der Waals surface area contributed by atoms with Crippen molar-refractivity contribution in [2.75, 3.05) is 0 Å². The van der Waals surface area contributed by atoms with Gasteiger partial charge in [-0.2, -0.15) is 0 Å². The third-order valence-electron chi connectivity index (χ3n) is 2.91. The monoisotopic (exact) mass is 248 g/mol. The first-order valence-electron chi connectivity index (χ1n) is 6.26. The molecule has 0 saturated carbocycles. The van der Waals surface area contributed by atoms with Gasteiger partial charge >= 0.3 is 99.6 Å². The summed E-state index contributed by atoms with van der Waals surface area (Å²) < 4.78 is 1.75. The fourth-order valence-electron chi connectivity index (χ4n) is 1.86. The first kappa shape index (κ1) is 13.1. The SMILES string of the molecule is CCCCCCC[CH2][Mn]([CH3])[C]1=CC=CC1. The van der Waals surface area contributed by atoms with Gasteiger partial charge in [0.1, 0.15) is 0 Å². The quantitative estimate of drug-likeness (QED) is 0.405. The Hall–Kier alpha value is -0.000519. The molecule has 0 fully saturated rings. The average molecular weight is 248 g/mol. The summed E-state index contributed by atoms with van der Waals surface area (Å²) in [6.45, 7) is 2.28. The van der Waals surface area contributed by atoms with E-state index in [-0.39, 0.29) is 13.9 Å². The van der Waals surface area contributed by atoms with E-state index in [9.17, 15) is 0 Å². The summed E-state index contributed by atoms with van der Waals surface area (Å²) >= 11 is -0.183. The van der Waals surface area contributed by atoms with Crippen LogP contribution in [-0.4, -0.2) is 0 Å². The van der Waals surface area contributed by atoms with Gasteiger partial charge in [0.25, 0.3) is 0 Å². The van der Waals surface area contributed by atoms with Crippen molar-refractivity contribution in [2.45, 2.75) is 63.0 Å². The Morgan fingerprint density at radius 2 is 1.87 bits per heavy atom. The maximum absolute atomic E-state index is 2.48. The van der Waals surface area contributed by atoms with Crippen LogP contribution in [0.25, 0.3) is 0 Å². The Labute approximate surface area is 99.7 Å². The van der Waals surface area contributed by atoms with Crippen molar-refractivity contribution < 1.29 is 13.9 Å². The fraction of sp³-hybridized carbons (Fsp3) is 0.714. The molecule has 1 rings (SSSR count). The first-order valence-corrected chi connectivity index (χ1v) is 8.86. The molecule has 0 aromatic carbocycles. The molecule has 15 heavy (non-hydrogen) atoms. The standard InChI is InChI=1S/C8H17.C5H5.CH3.Mn/c1-3-5-7-8-6-4-2;1-2-4-5-3-1;;/h1,3-8H2,2H3;1-3H,4H2;1H3;. The predicted octanol–water partition coefficient (Wildman–Crippen LogP) is 5.28. The number of hydrogen-bond donors (Lipinski definition) is 0. The average Bonchev–Trinajstić information content (AvgIpc) is 2.76. The molecule has 0 unspecified atom stereocenters. The van der Waals surface area contributed by atoms with E-state index in [0.29, 0.717) is 0 Å². The van der Waals surface area contributed by atoms with Crippen LogP contribution in [0.4, 0.5) is 0 Å². The van der Waals surface area contributed by atoms with Crippen molar-refractivity contribution in [3.05, 3.63) is 22.7 Å². The molecule has 0 spiro atoms. The van der Waals surface area contributed by atoms with Crippen molar-refractivity contribution >= 4 is 0 Å². The zero-order valence-corrected chi connectivity index (χ0v) is 11.4. The molecular weight excluding hydrogens is 223 g/mol. The van der Waals surface area contributed by atoms with Crippen LogP contribution in [0.1, 0.15) is 51.9 Å². The molecule has 0 aromatic heterocycles. The van der Waals surface area contributed by atoms with Crippen LogP contribution < -0.4 is 0 Å². The summed E-state index contributed by atoms with van der Waals surface area (Å²) in [7, 11) is 0. The number of hydrogen-bond acceptors (Lipinski definition) is 0. The summed E-state index contributed by atoms with van der Waals surface area (Å²) in [4.78, 5) is 0. The molecule has 0 saturated heterocycles. The zero-order chi connectivity index (χ0) is 10.9. The Morgan fingerprint density at radius 1 is 1.13 bits per heavy atom. The van der Waals surface area contributed by atoms with Crippen molar-refractivity contribution in [3.8, 4) is 0 Å². The third-order valence-corrected chi connectivity index (χ3v) is 5.95. The molecule has 0 aliphatic heterocycles. The van der Waals surface area contributed by atoms with Crippen LogP contribution >= 0.6 is 0 Å². The molecule has 0 heterocycles. The number of rotatable bonds is 8. The van der Waals surface area contributed by atoms with Crippen LogP contribution in [-0.2, 0) is 13.9 Å². The molecular formula is C14H25Mn. The van der Waals surface area contributed by atoms with E-state index in [2.05, 4.69) is 31.0 Å². The van der Waals surface area contributed by atoms with Gasteiger partial charge in [0.2, 0.25) is 0 Å². The van der Waals surface area contributed by atoms with E-state index >= 15 is 0 Å². The van der Waals surface area contributed by atoms with Gasteiger partial charge in [-0.3, -0.25) is 0 Å². The predicted molar refractivity (Wildman–Crippen MR) is 65.9 cm³/mol. The van der Waals surface area contributed by atoms with E-state index in [1.165, 1.54) is 50.3 Å². The summed E-state index contributed by atoms with van der Waals surface area (Å²) in [6, 6.07) is 0. The van der Waals surface area contributed by atoms with E-state index in [1.807, 2.05) is 0 Å². The molecule has 0 N–H and O–H groups in total. The molecule has 0 bridgehead atoms. The summed E-state index contributed by atoms with van der Waals surface area (Å²) in [5.74, 6) is 2.48. The normalized spacial score (nSPS) is 15.6. The first-order chi connectivity index (χ1) is 7.34. The van der Waals surface area contributed by atoms with Crippen LogP contribution in [0.15, 0.2) is 22.7 Å². The third kappa shape index (κ3) is 5.58. The molecule has 0 amide bonds. The van der Waals surface area contributed by atoms with E-state index in [4.69, 9.17) is 0 Å². The van der Waals surface area contributed by atoms with Gasteiger partial charge in [-0.05, 0) is 0 Å². The Balaban J connectivity index is 1.95. The summed E-state index contributed by atoms with van der Waals surface area (Å²) in [5.41, 5.74) is 0. The molecule has 0 nitrogen and oxygen atoms in total. The Kier molecular flexibility index (Phi) is 7.13. The maximum atomic E-state index is 2.48. The van der Waals surface area contributed by atoms with Crippen molar-refractivity contribution in [1.29, 1.82) is 0 Å². The van der Waals surface area contributed by atoms with Gasteiger partial charge in [0.05, 0.1) is 0 Å². The summed E-state index contributed by atoms with van der Waals surface area (Å²) in [5, 5.41) is 1.49. The zero-order valence-electron chi connectivity index (χ0n) is 10.3. The molecule has 1 aliphatic rings. The van der Waals surface area contributed by atoms with Crippen LogP contribution in [0.2, 0.25) is 11.1 Å². The molecule has 1 aliphatic carbocycles. The molecule has 88 valence electrons.